The van der Waals surface area contributed by atoms with E-state index in [9.17, 15) is 14.4 Å². The lowest BCUT2D eigenvalue weighted by Gasteiger charge is -2.24. The normalized spacial score (nSPS) is 15.2. The van der Waals surface area contributed by atoms with Crippen LogP contribution >= 0.6 is 0 Å². The molecule has 2 aliphatic rings. The van der Waals surface area contributed by atoms with Gasteiger partial charge in [-0.1, -0.05) is 50.7 Å². The average Bonchev–Trinajstić information content (AvgIpc) is 3.68. The predicted molar refractivity (Wildman–Crippen MR) is 212 cm³/mol. The molecule has 57 heavy (non-hydrogen) atoms. The van der Waals surface area contributed by atoms with Crippen molar-refractivity contribution in [1.82, 2.24) is 24.4 Å². The van der Waals surface area contributed by atoms with Gasteiger partial charge in [0.2, 0.25) is 0 Å². The monoisotopic (exact) mass is 820 g/mol. The largest absolute Gasteiger partial charge is 1.00 e. The molecule has 2 heterocycles. The molecule has 2 N–H and O–H groups in total. The number of imidazole rings is 1. The van der Waals surface area contributed by atoms with E-state index in [1.807, 2.05) is 12.1 Å². The van der Waals surface area contributed by atoms with Gasteiger partial charge in [0.05, 0.1) is 85.9 Å². The van der Waals surface area contributed by atoms with Crippen LogP contribution in [0.25, 0.3) is 22.6 Å². The third-order valence-electron chi connectivity index (χ3n) is 10.4. The van der Waals surface area contributed by atoms with Crippen LogP contribution in [-0.4, -0.2) is 125 Å². The minimum Gasteiger partial charge on any atom is -1.00 e. The maximum atomic E-state index is 13.9. The van der Waals surface area contributed by atoms with E-state index in [-0.39, 0.29) is 29.6 Å². The van der Waals surface area contributed by atoms with Gasteiger partial charge >= 0.3 is 5.69 Å². The molecule has 2 saturated carbocycles. The number of methoxy groups -OCH3 is 1. The molecule has 5 rings (SSSR count). The molecule has 320 valence electrons. The first-order chi connectivity index (χ1) is 27.5. The standard InChI is InChI=1S/C41H63N5O10.ClH/c1-50-18-19-52-22-23-54-26-27-56-29-28-55-25-24-53-21-20-51-17-16-42-39(47)35-14-12-34(13-15-35)37-43-36-38(44-37)45(30-32-8-4-2-5-9-32)41(49)46(40(36)48)31-33-10-6-3-7-11-33;/h12-15,32-33H,2-11,16-31H2,1H3,(H,42,47)(H,43,44);1H/p-1. The summed E-state index contributed by atoms with van der Waals surface area (Å²) in [5.74, 6) is 1.01. The predicted octanol–water partition coefficient (Wildman–Crippen LogP) is 1.19. The molecule has 0 saturated heterocycles. The number of fused-ring (bicyclic) bond motifs is 1. The summed E-state index contributed by atoms with van der Waals surface area (Å²) in [5.41, 5.74) is 1.44. The highest BCUT2D eigenvalue weighted by Crippen LogP contribution is 2.27. The molecule has 0 atom stereocenters. The van der Waals surface area contributed by atoms with Gasteiger partial charge in [-0.15, -0.1) is 0 Å². The van der Waals surface area contributed by atoms with Gasteiger partial charge in [-0.05, 0) is 49.7 Å². The first-order valence-corrected chi connectivity index (χ1v) is 20.6. The number of amides is 1. The summed E-state index contributed by atoms with van der Waals surface area (Å²) < 4.78 is 40.9. The molecule has 0 bridgehead atoms. The van der Waals surface area contributed by atoms with Crippen molar-refractivity contribution in [2.45, 2.75) is 77.3 Å². The van der Waals surface area contributed by atoms with Crippen LogP contribution in [0.2, 0.25) is 0 Å². The van der Waals surface area contributed by atoms with Crippen molar-refractivity contribution in [2.75, 3.05) is 99.5 Å². The number of aromatic nitrogens is 4. The number of benzene rings is 1. The van der Waals surface area contributed by atoms with Crippen molar-refractivity contribution in [3.8, 4) is 11.4 Å². The summed E-state index contributed by atoms with van der Waals surface area (Å²) >= 11 is 0. The highest BCUT2D eigenvalue weighted by Gasteiger charge is 2.24. The average molecular weight is 821 g/mol. The fourth-order valence-electron chi connectivity index (χ4n) is 7.35. The van der Waals surface area contributed by atoms with Gasteiger partial charge in [0.15, 0.2) is 5.65 Å². The Hall–Kier alpha value is -3.15. The Morgan fingerprint density at radius 1 is 0.667 bits per heavy atom. The molecule has 1 aromatic carbocycles. The van der Waals surface area contributed by atoms with Crippen LogP contribution in [0.5, 0.6) is 0 Å². The maximum absolute atomic E-state index is 13.9. The first kappa shape index (κ1) is 46.5. The number of H-pyrrole nitrogens is 1. The van der Waals surface area contributed by atoms with E-state index in [4.69, 9.17) is 38.1 Å². The van der Waals surface area contributed by atoms with E-state index in [1.165, 1.54) is 30.3 Å². The number of carbonyl (C=O) groups is 1. The summed E-state index contributed by atoms with van der Waals surface area (Å²) in [4.78, 5) is 48.5. The number of nitrogens with one attached hydrogen (secondary N) is 2. The Kier molecular flexibility index (Phi) is 21.9. The topological polar surface area (TPSA) is 166 Å². The second-order valence-electron chi connectivity index (χ2n) is 14.6. The van der Waals surface area contributed by atoms with Crippen LogP contribution in [0.15, 0.2) is 33.9 Å². The smallest absolute Gasteiger partial charge is 0.332 e. The number of halogens is 1. The van der Waals surface area contributed by atoms with Crippen molar-refractivity contribution >= 4 is 17.1 Å². The lowest BCUT2D eigenvalue weighted by molar-refractivity contribution is -0.0189. The van der Waals surface area contributed by atoms with Crippen LogP contribution in [-0.2, 0) is 46.2 Å². The SMILES string of the molecule is COCCOCCOCCOCCOCCOCCOCCNC(=O)c1ccc(-c2nc3c([nH]2)c(=O)n(CC2CCCCC2)c(=O)n3CC2CCCCC2)cc1.[Cl-]. The highest BCUT2D eigenvalue weighted by atomic mass is 35.5. The van der Waals surface area contributed by atoms with Gasteiger partial charge in [0.25, 0.3) is 11.5 Å². The number of hydrogen-bond donors (Lipinski definition) is 2. The quantitative estimate of drug-likeness (QED) is 0.106. The molecular weight excluding hydrogens is 758 g/mol. The summed E-state index contributed by atoms with van der Waals surface area (Å²) in [6.07, 6.45) is 11.3. The van der Waals surface area contributed by atoms with E-state index >= 15 is 0 Å². The Labute approximate surface area is 341 Å². The van der Waals surface area contributed by atoms with Crippen LogP contribution in [0.1, 0.15) is 74.6 Å². The zero-order valence-corrected chi connectivity index (χ0v) is 34.4. The molecule has 1 amide bonds. The molecule has 2 aliphatic carbocycles. The third-order valence-corrected chi connectivity index (χ3v) is 10.4. The lowest BCUT2D eigenvalue weighted by atomic mass is 9.89. The van der Waals surface area contributed by atoms with Crippen LogP contribution in [0, 0.1) is 11.8 Å². The molecule has 16 heteroatoms. The van der Waals surface area contributed by atoms with E-state index in [1.54, 1.807) is 23.8 Å². The second kappa shape index (κ2) is 26.8. The summed E-state index contributed by atoms with van der Waals surface area (Å²) in [7, 11) is 1.64. The Bertz CT molecular complexity index is 1690. The highest BCUT2D eigenvalue weighted by molar-refractivity contribution is 5.94. The van der Waals surface area contributed by atoms with Gasteiger partial charge in [-0.2, -0.15) is 0 Å². The van der Waals surface area contributed by atoms with E-state index in [0.29, 0.717) is 140 Å². The molecule has 0 aliphatic heterocycles. The fourth-order valence-corrected chi connectivity index (χ4v) is 7.35. The molecule has 0 spiro atoms. The fraction of sp³-hybridized carbons (Fsp3) is 0.707. The molecule has 2 aromatic heterocycles. The van der Waals surface area contributed by atoms with Gasteiger partial charge in [0.1, 0.15) is 11.3 Å². The van der Waals surface area contributed by atoms with Crippen molar-refractivity contribution in [2.24, 2.45) is 11.8 Å². The number of hydrogen-bond acceptors (Lipinski definition) is 11. The van der Waals surface area contributed by atoms with Crippen molar-refractivity contribution < 1.29 is 50.4 Å². The minimum atomic E-state index is -0.305. The van der Waals surface area contributed by atoms with Crippen LogP contribution in [0.4, 0.5) is 0 Å². The number of ether oxygens (including phenoxy) is 7. The number of nitrogens with zero attached hydrogens (tertiary/aromatic N) is 3. The maximum Gasteiger partial charge on any atom is 0.332 e. The molecule has 0 unspecified atom stereocenters. The zero-order valence-electron chi connectivity index (χ0n) is 33.7. The van der Waals surface area contributed by atoms with Crippen molar-refractivity contribution in [1.29, 1.82) is 0 Å². The van der Waals surface area contributed by atoms with Gasteiger partial charge in [-0.3, -0.25) is 18.7 Å². The van der Waals surface area contributed by atoms with Crippen molar-refractivity contribution in [3.63, 3.8) is 0 Å². The van der Waals surface area contributed by atoms with Crippen molar-refractivity contribution in [3.05, 3.63) is 50.7 Å². The van der Waals surface area contributed by atoms with Gasteiger partial charge < -0.3 is 55.9 Å². The number of carbonyl (C=O) groups excluding carboxylic acids is 1. The zero-order chi connectivity index (χ0) is 39.2. The Morgan fingerprint density at radius 3 is 1.61 bits per heavy atom. The first-order valence-electron chi connectivity index (χ1n) is 20.6. The van der Waals surface area contributed by atoms with Crippen LogP contribution in [0.3, 0.4) is 0 Å². The van der Waals surface area contributed by atoms with E-state index in [0.717, 1.165) is 44.1 Å². The molecular formula is C41H63ClN5O10-. The van der Waals surface area contributed by atoms with E-state index in [2.05, 4.69) is 10.3 Å². The second-order valence-corrected chi connectivity index (χ2v) is 14.6. The summed E-state index contributed by atoms with van der Waals surface area (Å²) in [6, 6.07) is 7.08. The van der Waals surface area contributed by atoms with Gasteiger partial charge in [-0.25, -0.2) is 9.78 Å². The summed E-state index contributed by atoms with van der Waals surface area (Å²) in [6.45, 7) is 7.67. The van der Waals surface area contributed by atoms with Crippen LogP contribution < -0.4 is 29.0 Å². The van der Waals surface area contributed by atoms with Gasteiger partial charge in [0, 0.05) is 37.9 Å². The number of aromatic amines is 1. The number of rotatable bonds is 27. The molecule has 2 fully saturated rings. The minimum absolute atomic E-state index is 0. The molecule has 3 aromatic rings. The Balaban J connectivity index is 0.00000720. The van der Waals surface area contributed by atoms with E-state index < -0.39 is 0 Å². The summed E-state index contributed by atoms with van der Waals surface area (Å²) in [5, 5.41) is 2.88. The molecule has 15 nitrogen and oxygen atoms in total. The molecule has 0 radical (unpaired) electrons. The third kappa shape index (κ3) is 15.5. The lowest BCUT2D eigenvalue weighted by Crippen LogP contribution is -3.00. The Morgan fingerprint density at radius 2 is 1.12 bits per heavy atom.